The molecule has 0 spiro atoms. The average Bonchev–Trinajstić information content (AvgIpc) is 2.59. The molecule has 0 atom stereocenters. The number of carbonyl (C=O) groups is 2. The summed E-state index contributed by atoms with van der Waals surface area (Å²) in [7, 11) is 2.52. The van der Waals surface area contributed by atoms with Gasteiger partial charge in [0.2, 0.25) is 0 Å². The van der Waals surface area contributed by atoms with E-state index in [1.807, 2.05) is 48.6 Å². The summed E-state index contributed by atoms with van der Waals surface area (Å²) in [5.74, 6) is -1.23. The fraction of sp³-hybridized carbons (Fsp3) is 0.222. The highest BCUT2D eigenvalue weighted by molar-refractivity contribution is 6.02. The van der Waals surface area contributed by atoms with Gasteiger partial charge in [0, 0.05) is 0 Å². The van der Waals surface area contributed by atoms with Gasteiger partial charge >= 0.3 is 11.9 Å². The fourth-order valence-electron chi connectivity index (χ4n) is 2.28. The van der Waals surface area contributed by atoms with Gasteiger partial charge in [0.25, 0.3) is 0 Å². The molecule has 0 saturated heterocycles. The molecule has 2 rings (SSSR count). The van der Waals surface area contributed by atoms with E-state index in [4.69, 9.17) is 9.47 Å². The number of ether oxygens (including phenoxy) is 2. The topological polar surface area (TPSA) is 52.6 Å². The summed E-state index contributed by atoms with van der Waals surface area (Å²) in [5, 5.41) is 0. The van der Waals surface area contributed by atoms with Crippen molar-refractivity contribution in [2.24, 2.45) is 5.41 Å². The van der Waals surface area contributed by atoms with Crippen LogP contribution in [0.1, 0.15) is 12.0 Å². The molecule has 1 aromatic rings. The molecule has 0 amide bonds. The molecule has 1 aliphatic rings. The van der Waals surface area contributed by atoms with Crippen LogP contribution in [-0.2, 0) is 19.1 Å². The van der Waals surface area contributed by atoms with Gasteiger partial charge < -0.3 is 9.47 Å². The summed E-state index contributed by atoms with van der Waals surface area (Å²) in [4.78, 5) is 23.9. The number of hydrogen-bond donors (Lipinski definition) is 0. The molecule has 0 aliphatic heterocycles. The highest BCUT2D eigenvalue weighted by atomic mass is 16.5. The van der Waals surface area contributed by atoms with Crippen LogP contribution < -0.4 is 0 Å². The molecule has 0 unspecified atom stereocenters. The molecule has 114 valence electrons. The summed E-state index contributed by atoms with van der Waals surface area (Å²) < 4.78 is 9.48. The molecular weight excluding hydrogens is 280 g/mol. The van der Waals surface area contributed by atoms with Crippen LogP contribution in [0.5, 0.6) is 0 Å². The maximum Gasteiger partial charge on any atom is 0.327 e. The molecule has 4 heteroatoms. The number of carbonyl (C=O) groups excluding carboxylic acids is 2. The van der Waals surface area contributed by atoms with Crippen LogP contribution >= 0.6 is 0 Å². The Labute approximate surface area is 129 Å². The van der Waals surface area contributed by atoms with Crippen LogP contribution in [0.2, 0.25) is 0 Å². The zero-order valence-electron chi connectivity index (χ0n) is 12.6. The quantitative estimate of drug-likeness (QED) is 0.633. The Morgan fingerprint density at radius 2 is 1.68 bits per heavy atom. The van der Waals surface area contributed by atoms with Crippen LogP contribution in [0, 0.1) is 5.41 Å². The molecule has 1 aromatic carbocycles. The largest absolute Gasteiger partial charge is 0.468 e. The van der Waals surface area contributed by atoms with E-state index >= 15 is 0 Å². The predicted molar refractivity (Wildman–Crippen MR) is 83.8 cm³/mol. The van der Waals surface area contributed by atoms with Crippen LogP contribution in [0.3, 0.4) is 0 Å². The van der Waals surface area contributed by atoms with E-state index < -0.39 is 17.4 Å². The number of benzene rings is 1. The second kappa shape index (κ2) is 6.89. The average molecular weight is 298 g/mol. The van der Waals surface area contributed by atoms with E-state index in [0.717, 1.165) is 11.1 Å². The second-order valence-corrected chi connectivity index (χ2v) is 4.94. The maximum absolute atomic E-state index is 12.0. The maximum atomic E-state index is 12.0. The molecule has 22 heavy (non-hydrogen) atoms. The molecule has 0 radical (unpaired) electrons. The summed E-state index contributed by atoms with van der Waals surface area (Å²) in [6.07, 6.45) is 9.24. The van der Waals surface area contributed by atoms with E-state index in [1.165, 1.54) is 14.2 Å². The van der Waals surface area contributed by atoms with Crippen molar-refractivity contribution in [3.63, 3.8) is 0 Å². The minimum Gasteiger partial charge on any atom is -0.468 e. The van der Waals surface area contributed by atoms with Crippen molar-refractivity contribution in [1.82, 2.24) is 0 Å². The van der Waals surface area contributed by atoms with Crippen LogP contribution in [0.4, 0.5) is 0 Å². The molecule has 0 heterocycles. The third-order valence-electron chi connectivity index (χ3n) is 3.59. The van der Waals surface area contributed by atoms with E-state index in [2.05, 4.69) is 0 Å². The number of rotatable bonds is 4. The molecule has 4 nitrogen and oxygen atoms in total. The van der Waals surface area contributed by atoms with Crippen molar-refractivity contribution in [3.8, 4) is 0 Å². The van der Waals surface area contributed by atoms with Crippen molar-refractivity contribution in [1.29, 1.82) is 0 Å². The first-order valence-corrected chi connectivity index (χ1v) is 6.92. The monoisotopic (exact) mass is 298 g/mol. The van der Waals surface area contributed by atoms with Gasteiger partial charge in [-0.3, -0.25) is 9.59 Å². The molecule has 1 aliphatic carbocycles. The molecule has 0 N–H and O–H groups in total. The van der Waals surface area contributed by atoms with Crippen LogP contribution in [-0.4, -0.2) is 26.2 Å². The Bertz CT molecular complexity index is 622. The highest BCUT2D eigenvalue weighted by Crippen LogP contribution is 2.33. The van der Waals surface area contributed by atoms with Crippen molar-refractivity contribution >= 4 is 18.0 Å². The second-order valence-electron chi connectivity index (χ2n) is 4.94. The van der Waals surface area contributed by atoms with Crippen molar-refractivity contribution < 1.29 is 19.1 Å². The van der Waals surface area contributed by atoms with E-state index in [9.17, 15) is 9.59 Å². The summed E-state index contributed by atoms with van der Waals surface area (Å²) in [6.45, 7) is 0. The molecular formula is C18H18O4. The van der Waals surface area contributed by atoms with Gasteiger partial charge in [-0.2, -0.15) is 0 Å². The lowest BCUT2D eigenvalue weighted by atomic mass is 9.80. The number of allylic oxidation sites excluding steroid dienone is 4. The van der Waals surface area contributed by atoms with Crippen molar-refractivity contribution in [2.75, 3.05) is 14.2 Å². The van der Waals surface area contributed by atoms with Gasteiger partial charge in [-0.05, 0) is 17.6 Å². The van der Waals surface area contributed by atoms with Gasteiger partial charge in [-0.1, -0.05) is 60.7 Å². The number of esters is 2. The first-order chi connectivity index (χ1) is 10.6. The molecule has 0 saturated carbocycles. The normalized spacial score (nSPS) is 16.2. The highest BCUT2D eigenvalue weighted by Gasteiger charge is 2.46. The number of methoxy groups -OCH3 is 2. The lowest BCUT2D eigenvalue weighted by molar-refractivity contribution is -0.164. The van der Waals surface area contributed by atoms with Gasteiger partial charge in [0.1, 0.15) is 0 Å². The first kappa shape index (κ1) is 15.8. The molecule has 0 fully saturated rings. The molecule has 0 bridgehead atoms. The van der Waals surface area contributed by atoms with Crippen molar-refractivity contribution in [2.45, 2.75) is 6.42 Å². The predicted octanol–water partition coefficient (Wildman–Crippen LogP) is 2.92. The van der Waals surface area contributed by atoms with Gasteiger partial charge in [0.15, 0.2) is 5.41 Å². The van der Waals surface area contributed by atoms with Crippen LogP contribution in [0.15, 0.2) is 60.2 Å². The zero-order chi connectivity index (χ0) is 16.0. The fourth-order valence-corrected chi connectivity index (χ4v) is 2.28. The zero-order valence-corrected chi connectivity index (χ0v) is 12.6. The first-order valence-electron chi connectivity index (χ1n) is 6.92. The van der Waals surface area contributed by atoms with Gasteiger partial charge in [-0.15, -0.1) is 0 Å². The lowest BCUT2D eigenvalue weighted by Crippen LogP contribution is -2.40. The Hall–Kier alpha value is -2.62. The van der Waals surface area contributed by atoms with E-state index in [0.29, 0.717) is 0 Å². The number of hydrogen-bond acceptors (Lipinski definition) is 4. The Morgan fingerprint density at radius 3 is 2.18 bits per heavy atom. The molecule has 0 aromatic heterocycles. The third kappa shape index (κ3) is 3.17. The Kier molecular flexibility index (Phi) is 4.94. The summed E-state index contributed by atoms with van der Waals surface area (Å²) in [6, 6.07) is 9.88. The summed E-state index contributed by atoms with van der Waals surface area (Å²) >= 11 is 0. The van der Waals surface area contributed by atoms with Gasteiger partial charge in [0.05, 0.1) is 14.2 Å². The van der Waals surface area contributed by atoms with Gasteiger partial charge in [-0.25, -0.2) is 0 Å². The standard InChI is InChI=1S/C18H18O4/c1-21-16(19)18(17(20)22-2)12-10-15(11-13-18)9-8-14-6-4-3-5-7-14/h3-12H,13H2,1-2H3/b9-8+. The minimum absolute atomic E-state index is 0.220. The van der Waals surface area contributed by atoms with E-state index in [-0.39, 0.29) is 6.42 Å². The summed E-state index contributed by atoms with van der Waals surface area (Å²) in [5.41, 5.74) is 0.620. The Balaban J connectivity index is 2.17. The van der Waals surface area contributed by atoms with E-state index in [1.54, 1.807) is 12.2 Å². The Morgan fingerprint density at radius 1 is 1.05 bits per heavy atom. The minimum atomic E-state index is -1.38. The van der Waals surface area contributed by atoms with Crippen LogP contribution in [0.25, 0.3) is 6.08 Å². The van der Waals surface area contributed by atoms with Crippen molar-refractivity contribution in [3.05, 3.63) is 65.8 Å². The smallest absolute Gasteiger partial charge is 0.327 e. The third-order valence-corrected chi connectivity index (χ3v) is 3.59. The SMILES string of the molecule is COC(=O)C1(C(=O)OC)C=CC(/C=C/c2ccccc2)=CC1. The lowest BCUT2D eigenvalue weighted by Gasteiger charge is -2.26.